The van der Waals surface area contributed by atoms with E-state index in [1.807, 2.05) is 37.3 Å². The van der Waals surface area contributed by atoms with Gasteiger partial charge in [-0.15, -0.1) is 5.10 Å². The second-order valence-corrected chi connectivity index (χ2v) is 7.51. The lowest BCUT2D eigenvalue weighted by Crippen LogP contribution is -2.02. The van der Waals surface area contributed by atoms with Crippen LogP contribution in [0, 0.1) is 6.92 Å². The molecule has 2 aromatic heterocycles. The number of hydrogen-bond acceptors (Lipinski definition) is 6. The lowest BCUT2D eigenvalue weighted by Gasteiger charge is -2.13. The number of rotatable bonds is 6. The van der Waals surface area contributed by atoms with Gasteiger partial charge >= 0.3 is 0 Å². The molecule has 0 bridgehead atoms. The van der Waals surface area contributed by atoms with Crippen molar-refractivity contribution in [2.45, 2.75) is 13.5 Å². The van der Waals surface area contributed by atoms with Crippen LogP contribution in [0.4, 0.5) is 5.69 Å². The summed E-state index contributed by atoms with van der Waals surface area (Å²) >= 11 is 0. The van der Waals surface area contributed by atoms with Crippen LogP contribution < -0.4 is 10.1 Å². The summed E-state index contributed by atoms with van der Waals surface area (Å²) in [7, 11) is 1.67. The summed E-state index contributed by atoms with van der Waals surface area (Å²) in [5.74, 6) is 1.43. The van der Waals surface area contributed by atoms with Crippen LogP contribution in [0.1, 0.15) is 11.3 Å². The van der Waals surface area contributed by atoms with Crippen molar-refractivity contribution in [3.05, 3.63) is 84.1 Å². The quantitative estimate of drug-likeness (QED) is 0.400. The molecule has 5 rings (SSSR count). The molecule has 0 aliphatic rings. The molecule has 2 N–H and O–H groups in total. The molecule has 0 amide bonds. The normalized spacial score (nSPS) is 10.9. The smallest absolute Gasteiger partial charge is 0.180 e. The van der Waals surface area contributed by atoms with E-state index < -0.39 is 0 Å². The third kappa shape index (κ3) is 3.76. The van der Waals surface area contributed by atoms with Gasteiger partial charge in [-0.25, -0.2) is 10.1 Å². The number of para-hydroxylation sites is 1. The highest BCUT2D eigenvalue weighted by Crippen LogP contribution is 2.31. The second kappa shape index (κ2) is 8.47. The van der Waals surface area contributed by atoms with Crippen LogP contribution >= 0.6 is 0 Å². The fraction of sp³-hybridized carbons (Fsp3) is 0.120. The Bertz CT molecular complexity index is 1360. The molecular weight excluding hydrogens is 400 g/mol. The molecule has 0 unspecified atom stereocenters. The van der Waals surface area contributed by atoms with Crippen molar-refractivity contribution < 1.29 is 4.74 Å². The van der Waals surface area contributed by atoms with Gasteiger partial charge in [0.2, 0.25) is 0 Å². The molecule has 158 valence electrons. The van der Waals surface area contributed by atoms with E-state index in [4.69, 9.17) is 4.74 Å². The molecular formula is C25H22N6O. The Kier molecular flexibility index (Phi) is 5.21. The number of benzene rings is 3. The van der Waals surface area contributed by atoms with Crippen molar-refractivity contribution in [2.75, 3.05) is 12.4 Å². The lowest BCUT2D eigenvalue weighted by molar-refractivity contribution is 0.419. The SMILES string of the molecule is COc1cccc2c(NCc3ccc(-c4ccccc4-c4nnn[nH]4)cc3)cc(C)nc12. The number of tetrazole rings is 1. The van der Waals surface area contributed by atoms with Crippen LogP contribution in [0.5, 0.6) is 5.75 Å². The summed E-state index contributed by atoms with van der Waals surface area (Å²) in [6.07, 6.45) is 0. The third-order valence-electron chi connectivity index (χ3n) is 5.43. The van der Waals surface area contributed by atoms with Gasteiger partial charge in [0.1, 0.15) is 11.3 Å². The van der Waals surface area contributed by atoms with Crippen LogP contribution in [0.2, 0.25) is 0 Å². The number of aromatic amines is 1. The van der Waals surface area contributed by atoms with Gasteiger partial charge in [-0.3, -0.25) is 0 Å². The third-order valence-corrected chi connectivity index (χ3v) is 5.43. The van der Waals surface area contributed by atoms with E-state index in [0.717, 1.165) is 44.7 Å². The van der Waals surface area contributed by atoms with E-state index in [-0.39, 0.29) is 0 Å². The molecule has 0 aliphatic carbocycles. The number of nitrogens with zero attached hydrogens (tertiary/aromatic N) is 4. The monoisotopic (exact) mass is 422 g/mol. The standard InChI is InChI=1S/C25H22N6O/c1-16-14-22(21-8-5-9-23(32-2)24(21)27-16)26-15-17-10-12-18(13-11-17)19-6-3-4-7-20(19)25-28-30-31-29-25/h3-14H,15H2,1-2H3,(H,26,27)(H,28,29,30,31). The van der Waals surface area contributed by atoms with Gasteiger partial charge in [-0.1, -0.05) is 60.7 Å². The summed E-state index contributed by atoms with van der Waals surface area (Å²) in [5.41, 5.74) is 7.18. The van der Waals surface area contributed by atoms with Crippen molar-refractivity contribution in [1.82, 2.24) is 25.6 Å². The van der Waals surface area contributed by atoms with Crippen molar-refractivity contribution >= 4 is 16.6 Å². The van der Waals surface area contributed by atoms with Crippen LogP contribution in [-0.2, 0) is 6.54 Å². The van der Waals surface area contributed by atoms with E-state index in [1.165, 1.54) is 5.56 Å². The molecule has 0 saturated carbocycles. The maximum Gasteiger partial charge on any atom is 0.180 e. The number of aromatic nitrogens is 5. The van der Waals surface area contributed by atoms with E-state index in [2.05, 4.69) is 73.4 Å². The maximum absolute atomic E-state index is 5.49. The summed E-state index contributed by atoms with van der Waals surface area (Å²) in [4.78, 5) is 4.66. The predicted molar refractivity (Wildman–Crippen MR) is 125 cm³/mol. The first-order chi connectivity index (χ1) is 15.7. The van der Waals surface area contributed by atoms with Gasteiger partial charge in [0, 0.05) is 28.9 Å². The van der Waals surface area contributed by atoms with Gasteiger partial charge in [-0.2, -0.15) is 0 Å². The lowest BCUT2D eigenvalue weighted by atomic mass is 9.98. The highest BCUT2D eigenvalue weighted by molar-refractivity contribution is 5.95. The minimum Gasteiger partial charge on any atom is -0.494 e. The number of anilines is 1. The fourth-order valence-corrected chi connectivity index (χ4v) is 3.88. The van der Waals surface area contributed by atoms with E-state index >= 15 is 0 Å². The van der Waals surface area contributed by atoms with Gasteiger partial charge < -0.3 is 10.1 Å². The fourth-order valence-electron chi connectivity index (χ4n) is 3.88. The zero-order chi connectivity index (χ0) is 21.9. The van der Waals surface area contributed by atoms with Crippen molar-refractivity contribution in [2.24, 2.45) is 0 Å². The topological polar surface area (TPSA) is 88.6 Å². The second-order valence-electron chi connectivity index (χ2n) is 7.51. The van der Waals surface area contributed by atoms with Crippen LogP contribution in [0.25, 0.3) is 33.4 Å². The Morgan fingerprint density at radius 3 is 2.50 bits per heavy atom. The zero-order valence-electron chi connectivity index (χ0n) is 17.8. The minimum absolute atomic E-state index is 0.654. The average molecular weight is 422 g/mol. The van der Waals surface area contributed by atoms with E-state index in [9.17, 15) is 0 Å². The number of H-pyrrole nitrogens is 1. The largest absolute Gasteiger partial charge is 0.494 e. The van der Waals surface area contributed by atoms with E-state index in [0.29, 0.717) is 12.4 Å². The van der Waals surface area contributed by atoms with Crippen molar-refractivity contribution in [1.29, 1.82) is 0 Å². The number of methoxy groups -OCH3 is 1. The summed E-state index contributed by atoms with van der Waals surface area (Å²) in [6.45, 7) is 2.69. The number of aryl methyl sites for hydroxylation is 1. The molecule has 2 heterocycles. The first-order valence-corrected chi connectivity index (χ1v) is 10.3. The first kappa shape index (κ1) is 19.7. The van der Waals surface area contributed by atoms with Gasteiger partial charge in [0.15, 0.2) is 5.82 Å². The van der Waals surface area contributed by atoms with E-state index in [1.54, 1.807) is 7.11 Å². The number of ether oxygens (including phenoxy) is 1. The summed E-state index contributed by atoms with van der Waals surface area (Å²) in [6, 6.07) is 24.6. The van der Waals surface area contributed by atoms with Gasteiger partial charge in [-0.05, 0) is 46.2 Å². The molecule has 0 fully saturated rings. The molecule has 0 saturated heterocycles. The first-order valence-electron chi connectivity index (χ1n) is 10.3. The maximum atomic E-state index is 5.49. The zero-order valence-corrected chi connectivity index (χ0v) is 17.8. The minimum atomic E-state index is 0.654. The van der Waals surface area contributed by atoms with Crippen LogP contribution in [0.3, 0.4) is 0 Å². The molecule has 32 heavy (non-hydrogen) atoms. The van der Waals surface area contributed by atoms with Crippen LogP contribution in [-0.4, -0.2) is 32.7 Å². The highest BCUT2D eigenvalue weighted by atomic mass is 16.5. The Balaban J connectivity index is 1.39. The molecule has 0 spiro atoms. The van der Waals surface area contributed by atoms with Crippen molar-refractivity contribution in [3.8, 4) is 28.3 Å². The summed E-state index contributed by atoms with van der Waals surface area (Å²) < 4.78 is 5.49. The average Bonchev–Trinajstić information content (AvgIpc) is 3.37. The highest BCUT2D eigenvalue weighted by Gasteiger charge is 2.11. The number of hydrogen-bond donors (Lipinski definition) is 2. The van der Waals surface area contributed by atoms with Crippen molar-refractivity contribution in [3.63, 3.8) is 0 Å². The molecule has 3 aromatic carbocycles. The molecule has 7 heteroatoms. The molecule has 5 aromatic rings. The molecule has 0 atom stereocenters. The molecule has 7 nitrogen and oxygen atoms in total. The Hall–Kier alpha value is -4.26. The van der Waals surface area contributed by atoms with Crippen LogP contribution in [0.15, 0.2) is 72.8 Å². The number of fused-ring (bicyclic) bond motifs is 1. The Morgan fingerprint density at radius 2 is 1.75 bits per heavy atom. The summed E-state index contributed by atoms with van der Waals surface area (Å²) in [5, 5.41) is 18.9. The molecule has 0 radical (unpaired) electrons. The van der Waals surface area contributed by atoms with Gasteiger partial charge in [0.05, 0.1) is 7.11 Å². The van der Waals surface area contributed by atoms with Gasteiger partial charge in [0.25, 0.3) is 0 Å². The Labute approximate surface area is 185 Å². The molecule has 0 aliphatic heterocycles. The number of pyridine rings is 1. The predicted octanol–water partition coefficient (Wildman–Crippen LogP) is 5.01. The number of nitrogens with one attached hydrogen (secondary N) is 2. The Morgan fingerprint density at radius 1 is 0.938 bits per heavy atom.